The molecule has 0 amide bonds. The molecule has 0 N–H and O–H groups in total. The highest BCUT2D eigenvalue weighted by atomic mass is 32.2. The number of sulfone groups is 1. The van der Waals surface area contributed by atoms with E-state index in [1.807, 2.05) is 36.5 Å². The van der Waals surface area contributed by atoms with Crippen LogP contribution in [0, 0.1) is 0 Å². The molecule has 0 saturated carbocycles. The number of hydrogen-bond acceptors (Lipinski definition) is 5. The maximum absolute atomic E-state index is 12.1. The van der Waals surface area contributed by atoms with Crippen LogP contribution in [0.25, 0.3) is 11.3 Å². The van der Waals surface area contributed by atoms with E-state index in [0.717, 1.165) is 17.5 Å². The second-order valence-corrected chi connectivity index (χ2v) is 8.28. The quantitative estimate of drug-likeness (QED) is 0.716. The highest BCUT2D eigenvalue weighted by Gasteiger charge is 2.44. The molecule has 2 aromatic rings. The van der Waals surface area contributed by atoms with Gasteiger partial charge >= 0.3 is 5.97 Å². The van der Waals surface area contributed by atoms with Gasteiger partial charge in [-0.25, -0.2) is 13.4 Å². The number of aromatic nitrogens is 2. The number of aryl methyl sites for hydroxylation is 1. The molecule has 0 fully saturated rings. The molecule has 130 valence electrons. The van der Waals surface area contributed by atoms with Gasteiger partial charge < -0.3 is 9.30 Å². The molecule has 1 heterocycles. The van der Waals surface area contributed by atoms with Gasteiger partial charge in [-0.2, -0.15) is 0 Å². The van der Waals surface area contributed by atoms with Crippen LogP contribution in [-0.4, -0.2) is 41.5 Å². The summed E-state index contributed by atoms with van der Waals surface area (Å²) >= 11 is 0. The smallest absolute Gasteiger partial charge is 0.327 e. The Hall–Kier alpha value is -2.15. The number of nitrogens with zero attached hydrogens (tertiary/aromatic N) is 2. The summed E-state index contributed by atoms with van der Waals surface area (Å²) in [6.07, 6.45) is 4.65. The summed E-state index contributed by atoms with van der Waals surface area (Å²) in [5, 5.41) is 0. The first-order valence-electron chi connectivity index (χ1n) is 7.72. The van der Waals surface area contributed by atoms with Gasteiger partial charge in [0.05, 0.1) is 18.6 Å². The first-order chi connectivity index (χ1) is 11.3. The van der Waals surface area contributed by atoms with Crippen molar-refractivity contribution in [2.75, 3.05) is 12.9 Å². The molecule has 2 rings (SSSR count). The van der Waals surface area contributed by atoms with Crippen molar-refractivity contribution in [1.82, 2.24) is 9.55 Å². The first kappa shape index (κ1) is 18.2. The molecular weight excluding hydrogens is 328 g/mol. The highest BCUT2D eigenvalue weighted by Crippen LogP contribution is 2.24. The van der Waals surface area contributed by atoms with Gasteiger partial charge in [0.25, 0.3) is 0 Å². The van der Waals surface area contributed by atoms with Crippen molar-refractivity contribution in [1.29, 1.82) is 0 Å². The van der Waals surface area contributed by atoms with Crippen molar-refractivity contribution >= 4 is 15.8 Å². The Labute approximate surface area is 142 Å². The average Bonchev–Trinajstić information content (AvgIpc) is 3.01. The molecule has 0 saturated heterocycles. The monoisotopic (exact) mass is 350 g/mol. The Kier molecular flexibility index (Phi) is 5.43. The average molecular weight is 350 g/mol. The van der Waals surface area contributed by atoms with Crippen LogP contribution >= 0.6 is 0 Å². The van der Waals surface area contributed by atoms with Crippen molar-refractivity contribution in [2.24, 2.45) is 0 Å². The topological polar surface area (TPSA) is 78.3 Å². The summed E-state index contributed by atoms with van der Waals surface area (Å²) in [5.74, 6) is -0.712. The molecular formula is C17H22N2O4S. The molecule has 7 heteroatoms. The minimum atomic E-state index is -3.61. The lowest BCUT2D eigenvalue weighted by Gasteiger charge is -2.25. The SMILES string of the molecule is CCOC(=O)C(C)(CCn1cnc(-c2ccccc2)c1)S(C)(=O)=O. The van der Waals surface area contributed by atoms with Gasteiger partial charge in [-0.1, -0.05) is 30.3 Å². The zero-order chi connectivity index (χ0) is 17.8. The predicted octanol–water partition coefficient (Wildman–Crippen LogP) is 2.31. The van der Waals surface area contributed by atoms with Gasteiger partial charge in [0, 0.05) is 24.6 Å². The standard InChI is InChI=1S/C17H22N2O4S/c1-4-23-16(20)17(2,24(3,21)22)10-11-19-12-15(18-13-19)14-8-6-5-7-9-14/h5-9,12-13H,4,10-11H2,1-3H3. The Morgan fingerprint density at radius 2 is 1.96 bits per heavy atom. The van der Waals surface area contributed by atoms with Gasteiger partial charge in [0.1, 0.15) is 0 Å². The first-order valence-corrected chi connectivity index (χ1v) is 9.61. The van der Waals surface area contributed by atoms with Crippen molar-refractivity contribution in [3.63, 3.8) is 0 Å². The van der Waals surface area contributed by atoms with Gasteiger partial charge in [-0.05, 0) is 20.3 Å². The minimum Gasteiger partial charge on any atom is -0.465 e. The van der Waals surface area contributed by atoms with Crippen molar-refractivity contribution in [3.05, 3.63) is 42.9 Å². The number of rotatable bonds is 7. The molecule has 1 atom stereocenters. The van der Waals surface area contributed by atoms with Crippen LogP contribution in [0.2, 0.25) is 0 Å². The number of hydrogen-bond donors (Lipinski definition) is 0. The lowest BCUT2D eigenvalue weighted by atomic mass is 10.1. The molecule has 1 aromatic heterocycles. The summed E-state index contributed by atoms with van der Waals surface area (Å²) in [6, 6.07) is 9.68. The molecule has 0 radical (unpaired) electrons. The number of imidazole rings is 1. The van der Waals surface area contributed by atoms with E-state index in [0.29, 0.717) is 6.54 Å². The van der Waals surface area contributed by atoms with Crippen LogP contribution in [0.5, 0.6) is 0 Å². The normalized spacial score (nSPS) is 14.1. The zero-order valence-electron chi connectivity index (χ0n) is 14.1. The molecule has 0 spiro atoms. The number of esters is 1. The Balaban J connectivity index is 2.16. The van der Waals surface area contributed by atoms with Gasteiger partial charge in [-0.15, -0.1) is 0 Å². The van der Waals surface area contributed by atoms with Crippen LogP contribution < -0.4 is 0 Å². The Morgan fingerprint density at radius 3 is 2.54 bits per heavy atom. The van der Waals surface area contributed by atoms with Gasteiger partial charge in [-0.3, -0.25) is 4.79 Å². The molecule has 0 bridgehead atoms. The van der Waals surface area contributed by atoms with E-state index >= 15 is 0 Å². The number of ether oxygens (including phenoxy) is 1. The third-order valence-corrected chi connectivity index (χ3v) is 6.08. The summed E-state index contributed by atoms with van der Waals surface area (Å²) in [4.78, 5) is 16.5. The van der Waals surface area contributed by atoms with E-state index in [1.165, 1.54) is 6.92 Å². The minimum absolute atomic E-state index is 0.120. The summed E-state index contributed by atoms with van der Waals surface area (Å²) in [6.45, 7) is 3.56. The molecule has 0 aliphatic rings. The van der Waals surface area contributed by atoms with E-state index in [4.69, 9.17) is 4.74 Å². The maximum atomic E-state index is 12.1. The van der Waals surface area contributed by atoms with Crippen LogP contribution in [0.15, 0.2) is 42.9 Å². The molecule has 0 aliphatic carbocycles. The fourth-order valence-electron chi connectivity index (χ4n) is 2.31. The summed E-state index contributed by atoms with van der Waals surface area (Å²) < 4.78 is 29.4. The molecule has 1 unspecified atom stereocenters. The fourth-order valence-corrected chi connectivity index (χ4v) is 3.13. The van der Waals surface area contributed by atoms with Crippen molar-refractivity contribution in [3.8, 4) is 11.3 Å². The van der Waals surface area contributed by atoms with E-state index in [9.17, 15) is 13.2 Å². The van der Waals surface area contributed by atoms with Gasteiger partial charge in [0.2, 0.25) is 0 Å². The Bertz CT molecular complexity index is 799. The largest absolute Gasteiger partial charge is 0.465 e. The maximum Gasteiger partial charge on any atom is 0.327 e. The Morgan fingerprint density at radius 1 is 1.29 bits per heavy atom. The molecule has 0 aliphatic heterocycles. The molecule has 1 aromatic carbocycles. The zero-order valence-corrected chi connectivity index (χ0v) is 14.9. The predicted molar refractivity (Wildman–Crippen MR) is 92.2 cm³/mol. The van der Waals surface area contributed by atoms with E-state index in [-0.39, 0.29) is 13.0 Å². The fraction of sp³-hybridized carbons (Fsp3) is 0.412. The third kappa shape index (κ3) is 3.84. The van der Waals surface area contributed by atoms with E-state index < -0.39 is 20.6 Å². The summed E-state index contributed by atoms with van der Waals surface area (Å²) in [5.41, 5.74) is 1.78. The molecule has 24 heavy (non-hydrogen) atoms. The van der Waals surface area contributed by atoms with Crippen LogP contribution in [0.4, 0.5) is 0 Å². The van der Waals surface area contributed by atoms with Crippen LogP contribution in [0.1, 0.15) is 20.3 Å². The summed E-state index contributed by atoms with van der Waals surface area (Å²) in [7, 11) is -3.61. The molecule has 6 nitrogen and oxygen atoms in total. The van der Waals surface area contributed by atoms with Crippen molar-refractivity contribution < 1.29 is 17.9 Å². The highest BCUT2D eigenvalue weighted by molar-refractivity contribution is 7.92. The van der Waals surface area contributed by atoms with Gasteiger partial charge in [0.15, 0.2) is 14.6 Å². The van der Waals surface area contributed by atoms with E-state index in [2.05, 4.69) is 4.98 Å². The van der Waals surface area contributed by atoms with Crippen molar-refractivity contribution in [2.45, 2.75) is 31.6 Å². The number of carbonyl (C=O) groups excluding carboxylic acids is 1. The lowest BCUT2D eigenvalue weighted by Crippen LogP contribution is -2.45. The number of benzene rings is 1. The lowest BCUT2D eigenvalue weighted by molar-refractivity contribution is -0.146. The number of carbonyl (C=O) groups is 1. The third-order valence-electron chi connectivity index (χ3n) is 4.08. The second kappa shape index (κ2) is 7.17. The van der Waals surface area contributed by atoms with E-state index in [1.54, 1.807) is 17.8 Å². The second-order valence-electron chi connectivity index (χ2n) is 5.84. The van der Waals surface area contributed by atoms with Crippen LogP contribution in [-0.2, 0) is 25.9 Å². The van der Waals surface area contributed by atoms with Crippen LogP contribution in [0.3, 0.4) is 0 Å².